The molecule has 0 amide bonds. The lowest BCUT2D eigenvalue weighted by Crippen LogP contribution is -2.59. The van der Waals surface area contributed by atoms with E-state index in [2.05, 4.69) is 4.74 Å². The van der Waals surface area contributed by atoms with Crippen molar-refractivity contribution in [3.8, 4) is 5.75 Å². The van der Waals surface area contributed by atoms with Crippen LogP contribution < -0.4 is 9.04 Å². The summed E-state index contributed by atoms with van der Waals surface area (Å²) >= 11 is 0. The molecule has 0 atom stereocenters. The average molecular weight is 348 g/mol. The van der Waals surface area contributed by atoms with Crippen molar-refractivity contribution in [2.45, 2.75) is 25.6 Å². The summed E-state index contributed by atoms with van der Waals surface area (Å²) in [6.45, 7) is -2.01. The minimum Gasteiger partial charge on any atom is -0.434 e. The van der Waals surface area contributed by atoms with Crippen LogP contribution in [0.2, 0.25) is 0 Å². The van der Waals surface area contributed by atoms with E-state index in [1.165, 1.54) is 20.7 Å². The second-order valence-corrected chi connectivity index (χ2v) is 7.34. The Morgan fingerprint density at radius 2 is 2.04 bits per heavy atom. The zero-order chi connectivity index (χ0) is 16.6. The number of nitrogens with zero attached hydrogens (tertiary/aromatic N) is 2. The first-order valence-corrected chi connectivity index (χ1v) is 8.70. The van der Waals surface area contributed by atoms with Crippen LogP contribution in [-0.2, 0) is 21.4 Å². The van der Waals surface area contributed by atoms with E-state index in [1.54, 1.807) is 13.2 Å². The molecule has 6 nitrogen and oxygen atoms in total. The quantitative estimate of drug-likeness (QED) is 0.811. The third kappa shape index (κ3) is 3.00. The van der Waals surface area contributed by atoms with Crippen molar-refractivity contribution in [1.29, 1.82) is 0 Å². The maximum atomic E-state index is 12.7. The molecule has 0 saturated carbocycles. The van der Waals surface area contributed by atoms with Crippen LogP contribution in [0.4, 0.5) is 14.5 Å². The van der Waals surface area contributed by atoms with Gasteiger partial charge in [0.1, 0.15) is 5.75 Å². The predicted octanol–water partition coefficient (Wildman–Crippen LogP) is 1.62. The monoisotopic (exact) mass is 348 g/mol. The van der Waals surface area contributed by atoms with E-state index < -0.39 is 16.8 Å². The third-order valence-corrected chi connectivity index (χ3v) is 6.02. The summed E-state index contributed by atoms with van der Waals surface area (Å²) in [7, 11) is -2.14. The van der Waals surface area contributed by atoms with Gasteiger partial charge in [0.05, 0.1) is 11.8 Å². The molecular formula is C14H18F2N2O4S. The molecule has 1 fully saturated rings. The summed E-state index contributed by atoms with van der Waals surface area (Å²) < 4.78 is 62.7. The number of rotatable bonds is 5. The lowest BCUT2D eigenvalue weighted by atomic mass is 10.0. The molecule has 128 valence electrons. The molecule has 0 bridgehead atoms. The molecule has 1 aromatic rings. The molecule has 0 aromatic heterocycles. The molecule has 0 unspecified atom stereocenters. The fraction of sp³-hybridized carbons (Fsp3) is 0.571. The zero-order valence-corrected chi connectivity index (χ0v) is 13.4. The van der Waals surface area contributed by atoms with Gasteiger partial charge in [-0.15, -0.1) is 0 Å². The highest BCUT2D eigenvalue weighted by atomic mass is 32.2. The van der Waals surface area contributed by atoms with E-state index in [0.717, 1.165) is 0 Å². The van der Waals surface area contributed by atoms with Crippen LogP contribution in [0.15, 0.2) is 18.2 Å². The maximum Gasteiger partial charge on any atom is 0.387 e. The van der Waals surface area contributed by atoms with Gasteiger partial charge in [0.2, 0.25) is 0 Å². The minimum atomic E-state index is -3.68. The summed E-state index contributed by atoms with van der Waals surface area (Å²) in [6, 6.07) is 4.59. The minimum absolute atomic E-state index is 0.0378. The van der Waals surface area contributed by atoms with Gasteiger partial charge < -0.3 is 9.47 Å². The van der Waals surface area contributed by atoms with Gasteiger partial charge in [0, 0.05) is 32.3 Å². The number of ether oxygens (including phenoxy) is 2. The normalized spacial score (nSPS) is 19.6. The van der Waals surface area contributed by atoms with Crippen LogP contribution in [0.3, 0.4) is 0 Å². The first kappa shape index (κ1) is 16.4. The molecule has 2 heterocycles. The lowest BCUT2D eigenvalue weighted by Gasteiger charge is -2.42. The highest BCUT2D eigenvalue weighted by Crippen LogP contribution is 2.37. The number of hydrogen-bond donors (Lipinski definition) is 0. The average Bonchev–Trinajstić information content (AvgIpc) is 2.45. The molecule has 9 heteroatoms. The van der Waals surface area contributed by atoms with Crippen LogP contribution in [0, 0.1) is 0 Å². The van der Waals surface area contributed by atoms with Crippen molar-refractivity contribution >= 4 is 15.9 Å². The van der Waals surface area contributed by atoms with Gasteiger partial charge in [0.25, 0.3) is 0 Å². The lowest BCUT2D eigenvalue weighted by molar-refractivity contribution is -0.0504. The smallest absolute Gasteiger partial charge is 0.387 e. The number of methoxy groups -OCH3 is 1. The molecule has 3 rings (SSSR count). The first-order chi connectivity index (χ1) is 10.9. The Balaban J connectivity index is 1.90. The van der Waals surface area contributed by atoms with Crippen molar-refractivity contribution in [2.75, 3.05) is 31.0 Å². The molecule has 0 spiro atoms. The number of fused-ring (bicyclic) bond motifs is 1. The number of anilines is 1. The fourth-order valence-electron chi connectivity index (χ4n) is 2.88. The van der Waals surface area contributed by atoms with Gasteiger partial charge in [-0.1, -0.05) is 6.07 Å². The predicted molar refractivity (Wildman–Crippen MR) is 80.0 cm³/mol. The molecule has 1 aromatic carbocycles. The highest BCUT2D eigenvalue weighted by Gasteiger charge is 2.41. The van der Waals surface area contributed by atoms with Crippen LogP contribution in [0.5, 0.6) is 5.75 Å². The van der Waals surface area contributed by atoms with E-state index in [9.17, 15) is 17.2 Å². The van der Waals surface area contributed by atoms with Crippen molar-refractivity contribution in [2.24, 2.45) is 0 Å². The van der Waals surface area contributed by atoms with Gasteiger partial charge >= 0.3 is 16.8 Å². The molecule has 23 heavy (non-hydrogen) atoms. The van der Waals surface area contributed by atoms with Gasteiger partial charge in [-0.3, -0.25) is 4.31 Å². The molecule has 0 aliphatic carbocycles. The number of benzene rings is 1. The fourth-order valence-corrected chi connectivity index (χ4v) is 4.65. The Labute approximate surface area is 133 Å². The van der Waals surface area contributed by atoms with Crippen LogP contribution in [0.1, 0.15) is 12.0 Å². The topological polar surface area (TPSA) is 59.1 Å². The number of alkyl halides is 2. The second kappa shape index (κ2) is 6.21. The Kier molecular flexibility index (Phi) is 4.43. The van der Waals surface area contributed by atoms with E-state index in [0.29, 0.717) is 43.7 Å². The van der Waals surface area contributed by atoms with Crippen LogP contribution in [0.25, 0.3) is 0 Å². The Morgan fingerprint density at radius 1 is 1.30 bits per heavy atom. The van der Waals surface area contributed by atoms with E-state index >= 15 is 0 Å². The first-order valence-electron chi connectivity index (χ1n) is 7.31. The van der Waals surface area contributed by atoms with Gasteiger partial charge in [-0.2, -0.15) is 21.5 Å². The molecule has 2 aliphatic heterocycles. The Hall–Kier alpha value is -1.45. The van der Waals surface area contributed by atoms with Crippen molar-refractivity contribution in [3.05, 3.63) is 23.8 Å². The molecular weight excluding hydrogens is 330 g/mol. The van der Waals surface area contributed by atoms with E-state index in [4.69, 9.17) is 4.74 Å². The highest BCUT2D eigenvalue weighted by molar-refractivity contribution is 7.90. The maximum absolute atomic E-state index is 12.7. The summed E-state index contributed by atoms with van der Waals surface area (Å²) in [6.07, 6.45) is 0.963. The number of halogens is 2. The molecule has 0 N–H and O–H groups in total. The van der Waals surface area contributed by atoms with Crippen LogP contribution in [-0.4, -0.2) is 52.2 Å². The Bertz CT molecular complexity index is 677. The largest absolute Gasteiger partial charge is 0.434 e. The van der Waals surface area contributed by atoms with E-state index in [-0.39, 0.29) is 11.9 Å². The second-order valence-electron chi connectivity index (χ2n) is 5.49. The summed E-state index contributed by atoms with van der Waals surface area (Å²) in [5.41, 5.74) is 0.918. The zero-order valence-electron chi connectivity index (χ0n) is 12.6. The van der Waals surface area contributed by atoms with E-state index in [1.807, 2.05) is 0 Å². The van der Waals surface area contributed by atoms with Crippen molar-refractivity contribution in [1.82, 2.24) is 4.31 Å². The molecule has 1 saturated heterocycles. The summed E-state index contributed by atoms with van der Waals surface area (Å²) in [4.78, 5) is 0. The number of hydrogen-bond acceptors (Lipinski definition) is 4. The van der Waals surface area contributed by atoms with Gasteiger partial charge in [-0.25, -0.2) is 0 Å². The van der Waals surface area contributed by atoms with Crippen molar-refractivity contribution in [3.63, 3.8) is 0 Å². The third-order valence-electron chi connectivity index (χ3n) is 4.13. The van der Waals surface area contributed by atoms with Gasteiger partial charge in [-0.05, 0) is 25.0 Å². The van der Waals surface area contributed by atoms with Crippen LogP contribution >= 0.6 is 0 Å². The SMILES string of the molecule is COC1CN(S(=O)(=O)N2CCCc3c(OC(F)F)cccc32)C1. The summed E-state index contributed by atoms with van der Waals surface area (Å²) in [5, 5.41) is 0. The standard InChI is InChI=1S/C14H18F2N2O4S/c1-21-10-8-17(9-10)23(19,20)18-7-3-4-11-12(18)5-2-6-13(11)22-14(15)16/h2,5-6,10,14H,3-4,7-9H2,1H3. The molecule has 0 radical (unpaired) electrons. The van der Waals surface area contributed by atoms with Crippen molar-refractivity contribution < 1.29 is 26.7 Å². The Morgan fingerprint density at radius 3 is 2.70 bits per heavy atom. The molecule has 2 aliphatic rings. The van der Waals surface area contributed by atoms with Gasteiger partial charge in [0.15, 0.2) is 0 Å². The summed E-state index contributed by atoms with van der Waals surface area (Å²) in [5.74, 6) is 0.0378.